The van der Waals surface area contributed by atoms with Gasteiger partial charge in [-0.1, -0.05) is 15.9 Å². The van der Waals surface area contributed by atoms with Crippen LogP contribution in [-0.4, -0.2) is 12.6 Å². The van der Waals surface area contributed by atoms with Gasteiger partial charge < -0.3 is 4.74 Å². The minimum atomic E-state index is -1.05. The molecule has 0 unspecified atom stereocenters. The van der Waals surface area contributed by atoms with Gasteiger partial charge in [0.25, 0.3) is 0 Å². The summed E-state index contributed by atoms with van der Waals surface area (Å²) in [4.78, 5) is 11.4. The van der Waals surface area contributed by atoms with Crippen molar-refractivity contribution < 1.29 is 18.3 Å². The van der Waals surface area contributed by atoms with E-state index in [0.29, 0.717) is 5.56 Å². The molecular formula is C10H9BrF2O2. The van der Waals surface area contributed by atoms with Crippen molar-refractivity contribution in [3.8, 4) is 0 Å². The molecule has 15 heavy (non-hydrogen) atoms. The normalized spacial score (nSPS) is 10.1. The van der Waals surface area contributed by atoms with Gasteiger partial charge in [0.2, 0.25) is 0 Å². The molecule has 0 heterocycles. The predicted octanol–water partition coefficient (Wildman–Crippen LogP) is 3.04. The van der Waals surface area contributed by atoms with E-state index in [1.165, 1.54) is 0 Å². The average molecular weight is 279 g/mol. The number of halogens is 3. The number of rotatable bonds is 3. The van der Waals surface area contributed by atoms with Crippen molar-refractivity contribution >= 4 is 21.9 Å². The molecule has 0 bridgehead atoms. The monoisotopic (exact) mass is 278 g/mol. The predicted molar refractivity (Wildman–Crippen MR) is 54.9 cm³/mol. The molecule has 0 fully saturated rings. The summed E-state index contributed by atoms with van der Waals surface area (Å²) >= 11 is 3.09. The third-order valence-corrected chi connectivity index (χ3v) is 2.39. The minimum Gasteiger partial charge on any atom is -0.462 e. The molecule has 82 valence electrons. The Morgan fingerprint density at radius 1 is 1.40 bits per heavy atom. The highest BCUT2D eigenvalue weighted by Crippen LogP contribution is 2.18. The maximum atomic E-state index is 12.9. The molecule has 5 heteroatoms. The Bertz CT molecular complexity index is 380. The Kier molecular flexibility index (Phi) is 4.20. The van der Waals surface area contributed by atoms with Gasteiger partial charge in [0.1, 0.15) is 0 Å². The van der Waals surface area contributed by atoms with Crippen molar-refractivity contribution in [2.45, 2.75) is 12.3 Å². The molecule has 1 rings (SSSR count). The fraction of sp³-hybridized carbons (Fsp3) is 0.300. The van der Waals surface area contributed by atoms with Gasteiger partial charge in [-0.05, 0) is 24.6 Å². The molecule has 0 saturated carbocycles. The van der Waals surface area contributed by atoms with E-state index in [1.807, 2.05) is 0 Å². The first kappa shape index (κ1) is 12.1. The van der Waals surface area contributed by atoms with Gasteiger partial charge in [0, 0.05) is 5.33 Å². The molecule has 0 spiro atoms. The first-order valence-electron chi connectivity index (χ1n) is 4.31. The van der Waals surface area contributed by atoms with E-state index in [9.17, 15) is 13.6 Å². The van der Waals surface area contributed by atoms with E-state index >= 15 is 0 Å². The molecule has 0 aromatic heterocycles. The molecule has 2 nitrogen and oxygen atoms in total. The van der Waals surface area contributed by atoms with Crippen molar-refractivity contribution in [2.24, 2.45) is 0 Å². The first-order chi connectivity index (χ1) is 7.10. The number of carbonyl (C=O) groups excluding carboxylic acids is 1. The second-order valence-corrected chi connectivity index (χ2v) is 3.34. The summed E-state index contributed by atoms with van der Waals surface area (Å²) < 4.78 is 30.5. The van der Waals surface area contributed by atoms with E-state index in [-0.39, 0.29) is 17.5 Å². The van der Waals surface area contributed by atoms with Crippen LogP contribution in [0.3, 0.4) is 0 Å². The fourth-order valence-electron chi connectivity index (χ4n) is 1.10. The third-order valence-electron chi connectivity index (χ3n) is 1.79. The van der Waals surface area contributed by atoms with Crippen LogP contribution in [0.2, 0.25) is 0 Å². The highest BCUT2D eigenvalue weighted by atomic mass is 79.9. The number of ether oxygens (including phenoxy) is 1. The van der Waals surface area contributed by atoms with E-state index in [1.54, 1.807) is 6.92 Å². The molecule has 0 aliphatic carbocycles. The van der Waals surface area contributed by atoms with Gasteiger partial charge in [0.15, 0.2) is 11.6 Å². The van der Waals surface area contributed by atoms with Crippen molar-refractivity contribution in [1.82, 2.24) is 0 Å². The number of alkyl halides is 1. The van der Waals surface area contributed by atoms with Crippen LogP contribution in [0.25, 0.3) is 0 Å². The van der Waals surface area contributed by atoms with Crippen LogP contribution in [0, 0.1) is 11.6 Å². The lowest BCUT2D eigenvalue weighted by molar-refractivity contribution is 0.0524. The Morgan fingerprint density at radius 3 is 2.53 bits per heavy atom. The Labute approximate surface area is 94.4 Å². The maximum Gasteiger partial charge on any atom is 0.338 e. The zero-order valence-corrected chi connectivity index (χ0v) is 9.61. The first-order valence-corrected chi connectivity index (χ1v) is 5.43. The average Bonchev–Trinajstić information content (AvgIpc) is 2.21. The summed E-state index contributed by atoms with van der Waals surface area (Å²) in [5.74, 6) is -2.67. The fourth-order valence-corrected chi connectivity index (χ4v) is 1.56. The molecule has 0 N–H and O–H groups in total. The summed E-state index contributed by atoms with van der Waals surface area (Å²) in [5.41, 5.74) is 0.417. The lowest BCUT2D eigenvalue weighted by atomic mass is 10.1. The van der Waals surface area contributed by atoms with Crippen molar-refractivity contribution in [3.05, 3.63) is 34.9 Å². The molecule has 1 aromatic carbocycles. The summed E-state index contributed by atoms with van der Waals surface area (Å²) in [7, 11) is 0. The quantitative estimate of drug-likeness (QED) is 0.628. The summed E-state index contributed by atoms with van der Waals surface area (Å²) in [5, 5.41) is 0.262. The Balaban J connectivity index is 3.15. The standard InChI is InChI=1S/C10H9BrF2O2/c1-2-15-10(14)7-4-9(13)8(12)3-6(7)5-11/h3-4H,2,5H2,1H3. The molecule has 0 radical (unpaired) electrons. The molecule has 0 aliphatic heterocycles. The van der Waals surface area contributed by atoms with Gasteiger partial charge in [-0.25, -0.2) is 13.6 Å². The largest absolute Gasteiger partial charge is 0.462 e. The number of carbonyl (C=O) groups is 1. The SMILES string of the molecule is CCOC(=O)c1cc(F)c(F)cc1CBr. The molecule has 0 atom stereocenters. The van der Waals surface area contributed by atoms with Gasteiger partial charge in [-0.3, -0.25) is 0 Å². The van der Waals surface area contributed by atoms with Crippen LogP contribution in [-0.2, 0) is 10.1 Å². The summed E-state index contributed by atoms with van der Waals surface area (Å²) in [6, 6.07) is 1.83. The van der Waals surface area contributed by atoms with Gasteiger partial charge in [0.05, 0.1) is 12.2 Å². The second-order valence-electron chi connectivity index (χ2n) is 2.78. The van der Waals surface area contributed by atoms with Crippen molar-refractivity contribution in [2.75, 3.05) is 6.61 Å². The van der Waals surface area contributed by atoms with Crippen LogP contribution >= 0.6 is 15.9 Å². The third kappa shape index (κ3) is 2.75. The maximum absolute atomic E-state index is 12.9. The number of hydrogen-bond acceptors (Lipinski definition) is 2. The van der Waals surface area contributed by atoms with Crippen LogP contribution in [0.4, 0.5) is 8.78 Å². The topological polar surface area (TPSA) is 26.3 Å². The number of hydrogen-bond donors (Lipinski definition) is 0. The summed E-state index contributed by atoms with van der Waals surface area (Å²) in [6.45, 7) is 1.84. The Morgan fingerprint density at radius 2 is 2.00 bits per heavy atom. The zero-order chi connectivity index (χ0) is 11.4. The summed E-state index contributed by atoms with van der Waals surface area (Å²) in [6.07, 6.45) is 0. The zero-order valence-electron chi connectivity index (χ0n) is 8.02. The second kappa shape index (κ2) is 5.21. The van der Waals surface area contributed by atoms with E-state index in [2.05, 4.69) is 15.9 Å². The molecule has 0 aliphatic rings. The molecular weight excluding hydrogens is 270 g/mol. The van der Waals surface area contributed by atoms with E-state index in [0.717, 1.165) is 12.1 Å². The highest BCUT2D eigenvalue weighted by Gasteiger charge is 2.15. The van der Waals surface area contributed by atoms with Crippen LogP contribution in [0.1, 0.15) is 22.8 Å². The number of benzene rings is 1. The minimum absolute atomic E-state index is 0.0487. The van der Waals surface area contributed by atoms with Crippen LogP contribution in [0.5, 0.6) is 0 Å². The van der Waals surface area contributed by atoms with Gasteiger partial charge in [-0.15, -0.1) is 0 Å². The smallest absolute Gasteiger partial charge is 0.338 e. The van der Waals surface area contributed by atoms with Gasteiger partial charge >= 0.3 is 5.97 Å². The lowest BCUT2D eigenvalue weighted by Crippen LogP contribution is -2.09. The highest BCUT2D eigenvalue weighted by molar-refractivity contribution is 9.08. The van der Waals surface area contributed by atoms with Crippen LogP contribution < -0.4 is 0 Å². The van der Waals surface area contributed by atoms with Crippen molar-refractivity contribution in [1.29, 1.82) is 0 Å². The van der Waals surface area contributed by atoms with E-state index in [4.69, 9.17) is 4.74 Å². The van der Waals surface area contributed by atoms with E-state index < -0.39 is 17.6 Å². The van der Waals surface area contributed by atoms with Crippen LogP contribution in [0.15, 0.2) is 12.1 Å². The molecule has 1 aromatic rings. The Hall–Kier alpha value is -0.970. The number of esters is 1. The van der Waals surface area contributed by atoms with Crippen molar-refractivity contribution in [3.63, 3.8) is 0 Å². The van der Waals surface area contributed by atoms with Gasteiger partial charge in [-0.2, -0.15) is 0 Å². The molecule has 0 saturated heterocycles. The lowest BCUT2D eigenvalue weighted by Gasteiger charge is -2.07. The molecule has 0 amide bonds.